The lowest BCUT2D eigenvalue weighted by molar-refractivity contribution is 0.0978. The van der Waals surface area contributed by atoms with Crippen molar-refractivity contribution in [3.05, 3.63) is 0 Å². The van der Waals surface area contributed by atoms with Crippen molar-refractivity contribution in [1.82, 2.24) is 0 Å². The van der Waals surface area contributed by atoms with Crippen molar-refractivity contribution in [2.75, 3.05) is 0 Å². The molecule has 0 spiro atoms. The minimum atomic E-state index is -0.554. The van der Waals surface area contributed by atoms with E-state index in [9.17, 15) is 5.11 Å². The minimum absolute atomic E-state index is 0.146. The fraction of sp³-hybridized carbons (Fsp3) is 0.889. The highest BCUT2D eigenvalue weighted by Gasteiger charge is 2.37. The zero-order valence-corrected chi connectivity index (χ0v) is 7.91. The second-order valence-electron chi connectivity index (χ2n) is 4.41. The van der Waals surface area contributed by atoms with E-state index in [0.717, 1.165) is 0 Å². The van der Waals surface area contributed by atoms with E-state index < -0.39 is 6.10 Å². The van der Waals surface area contributed by atoms with Gasteiger partial charge in [-0.05, 0) is 24.2 Å². The summed E-state index contributed by atoms with van der Waals surface area (Å²) >= 11 is 0. The maximum Gasteiger partial charge on any atom is 0.0959 e. The van der Waals surface area contributed by atoms with Crippen LogP contribution in [-0.4, -0.2) is 22.1 Å². The second-order valence-corrected chi connectivity index (χ2v) is 4.41. The minimum Gasteiger partial charge on any atom is -0.411 e. The van der Waals surface area contributed by atoms with Crippen molar-refractivity contribution in [1.29, 1.82) is 0 Å². The summed E-state index contributed by atoms with van der Waals surface area (Å²) in [5, 5.41) is 21.2. The van der Waals surface area contributed by atoms with Gasteiger partial charge in [-0.1, -0.05) is 25.9 Å². The van der Waals surface area contributed by atoms with Crippen LogP contribution in [0.3, 0.4) is 0 Å². The van der Waals surface area contributed by atoms with Crippen LogP contribution in [-0.2, 0) is 0 Å². The molecule has 0 saturated heterocycles. The van der Waals surface area contributed by atoms with E-state index in [1.165, 1.54) is 0 Å². The number of aliphatic hydroxyl groups excluding tert-OH is 1. The number of hydrogen-bond donors (Lipinski definition) is 2. The van der Waals surface area contributed by atoms with Crippen LogP contribution in [0.4, 0.5) is 0 Å². The van der Waals surface area contributed by atoms with E-state index >= 15 is 0 Å². The molecule has 12 heavy (non-hydrogen) atoms. The molecule has 0 bridgehead atoms. The summed E-state index contributed by atoms with van der Waals surface area (Å²) in [5.41, 5.74) is 0.676. The van der Waals surface area contributed by atoms with Crippen LogP contribution in [0.15, 0.2) is 5.16 Å². The van der Waals surface area contributed by atoms with Gasteiger partial charge in [0.25, 0.3) is 0 Å². The van der Waals surface area contributed by atoms with Gasteiger partial charge in [-0.15, -0.1) is 0 Å². The molecule has 70 valence electrons. The third kappa shape index (κ3) is 1.61. The molecule has 0 radical (unpaired) electrons. The van der Waals surface area contributed by atoms with Crippen molar-refractivity contribution < 1.29 is 10.3 Å². The molecule has 2 atom stereocenters. The van der Waals surface area contributed by atoms with Gasteiger partial charge in [0.05, 0.1) is 11.8 Å². The van der Waals surface area contributed by atoms with E-state index in [-0.39, 0.29) is 5.41 Å². The Morgan fingerprint density at radius 1 is 1.50 bits per heavy atom. The van der Waals surface area contributed by atoms with Crippen LogP contribution in [0, 0.1) is 11.3 Å². The Hall–Kier alpha value is -0.570. The third-order valence-corrected chi connectivity index (χ3v) is 3.08. The largest absolute Gasteiger partial charge is 0.411 e. The van der Waals surface area contributed by atoms with Crippen LogP contribution in [0.25, 0.3) is 0 Å². The molecule has 0 heterocycles. The Balaban J connectivity index is 2.76. The average molecular weight is 171 g/mol. The highest BCUT2D eigenvalue weighted by atomic mass is 16.4. The van der Waals surface area contributed by atoms with E-state index in [1.54, 1.807) is 0 Å². The molecule has 0 aliphatic heterocycles. The number of aliphatic hydroxyl groups is 1. The smallest absolute Gasteiger partial charge is 0.0959 e. The van der Waals surface area contributed by atoms with Gasteiger partial charge in [0.15, 0.2) is 0 Å². The van der Waals surface area contributed by atoms with Crippen LogP contribution >= 0.6 is 0 Å². The lowest BCUT2D eigenvalue weighted by Crippen LogP contribution is -2.39. The quantitative estimate of drug-likeness (QED) is 0.430. The Morgan fingerprint density at radius 2 is 2.08 bits per heavy atom. The topological polar surface area (TPSA) is 52.8 Å². The predicted molar refractivity (Wildman–Crippen MR) is 47.4 cm³/mol. The molecular weight excluding hydrogens is 154 g/mol. The molecule has 1 rings (SSSR count). The van der Waals surface area contributed by atoms with Gasteiger partial charge < -0.3 is 10.3 Å². The van der Waals surface area contributed by atoms with Crippen molar-refractivity contribution >= 4 is 5.71 Å². The summed E-state index contributed by atoms with van der Waals surface area (Å²) in [4.78, 5) is 0. The fourth-order valence-electron chi connectivity index (χ4n) is 1.65. The zero-order chi connectivity index (χ0) is 9.35. The molecule has 1 aliphatic carbocycles. The van der Waals surface area contributed by atoms with Crippen molar-refractivity contribution in [3.8, 4) is 0 Å². The molecule has 3 nitrogen and oxygen atoms in total. The van der Waals surface area contributed by atoms with Crippen LogP contribution in [0.5, 0.6) is 0 Å². The van der Waals surface area contributed by atoms with Gasteiger partial charge in [-0.2, -0.15) is 0 Å². The third-order valence-electron chi connectivity index (χ3n) is 3.08. The maximum atomic E-state index is 9.53. The number of hydrogen-bond acceptors (Lipinski definition) is 3. The summed E-state index contributed by atoms with van der Waals surface area (Å²) in [7, 11) is 0. The standard InChI is InChI=1S/C9H17NO2/c1-6-4-7(10-12)8(11)5-9(6,2)3/h6,8,11-12H,4-5H2,1-3H3/b10-7-/t6-,8+/m0/s1. The first-order valence-corrected chi connectivity index (χ1v) is 4.36. The number of rotatable bonds is 0. The Kier molecular flexibility index (Phi) is 2.42. The highest BCUT2D eigenvalue weighted by Crippen LogP contribution is 2.39. The van der Waals surface area contributed by atoms with E-state index in [1.807, 2.05) is 0 Å². The van der Waals surface area contributed by atoms with Gasteiger partial charge in [0.1, 0.15) is 0 Å². The summed E-state index contributed by atoms with van der Waals surface area (Å²) in [6.07, 6.45) is 0.833. The van der Waals surface area contributed by atoms with Gasteiger partial charge in [0.2, 0.25) is 0 Å². The molecule has 1 aliphatic rings. The molecule has 0 aromatic heterocycles. The van der Waals surface area contributed by atoms with E-state index in [0.29, 0.717) is 24.5 Å². The molecular formula is C9H17NO2. The zero-order valence-electron chi connectivity index (χ0n) is 7.91. The van der Waals surface area contributed by atoms with Crippen LogP contribution in [0.1, 0.15) is 33.6 Å². The lowest BCUT2D eigenvalue weighted by atomic mass is 9.68. The van der Waals surface area contributed by atoms with Gasteiger partial charge in [-0.3, -0.25) is 0 Å². The van der Waals surface area contributed by atoms with Crippen LogP contribution in [0.2, 0.25) is 0 Å². The summed E-state index contributed by atoms with van der Waals surface area (Å²) in [6, 6.07) is 0. The lowest BCUT2D eigenvalue weighted by Gasteiger charge is -2.39. The van der Waals surface area contributed by atoms with E-state index in [4.69, 9.17) is 5.21 Å². The molecule has 0 aromatic carbocycles. The number of nitrogens with zero attached hydrogens (tertiary/aromatic N) is 1. The fourth-order valence-corrected chi connectivity index (χ4v) is 1.65. The number of oxime groups is 1. The first kappa shape index (κ1) is 9.52. The highest BCUT2D eigenvalue weighted by molar-refractivity contribution is 5.89. The maximum absolute atomic E-state index is 9.53. The SMILES string of the molecule is C[C@H]1C/C(=N/O)[C@H](O)CC1(C)C. The molecule has 1 saturated carbocycles. The summed E-state index contributed by atoms with van der Waals surface area (Å²) in [6.45, 7) is 6.39. The van der Waals surface area contributed by atoms with Gasteiger partial charge in [-0.25, -0.2) is 0 Å². The van der Waals surface area contributed by atoms with Gasteiger partial charge in [0, 0.05) is 0 Å². The predicted octanol–water partition coefficient (Wildman–Crippen LogP) is 1.63. The van der Waals surface area contributed by atoms with E-state index in [2.05, 4.69) is 25.9 Å². The summed E-state index contributed by atoms with van der Waals surface area (Å²) in [5.74, 6) is 0.465. The van der Waals surface area contributed by atoms with Gasteiger partial charge >= 0.3 is 0 Å². The monoisotopic (exact) mass is 171 g/mol. The molecule has 0 unspecified atom stereocenters. The molecule has 1 fully saturated rings. The molecule has 0 amide bonds. The Bertz CT molecular complexity index is 199. The molecule has 2 N–H and O–H groups in total. The Labute approximate surface area is 73.1 Å². The average Bonchev–Trinajstić information content (AvgIpc) is 1.96. The first-order valence-electron chi connectivity index (χ1n) is 4.36. The molecule has 0 aromatic rings. The van der Waals surface area contributed by atoms with Crippen molar-refractivity contribution in [2.45, 2.75) is 39.7 Å². The van der Waals surface area contributed by atoms with Crippen molar-refractivity contribution in [3.63, 3.8) is 0 Å². The second kappa shape index (κ2) is 3.05. The molecule has 3 heteroatoms. The van der Waals surface area contributed by atoms with Crippen LogP contribution < -0.4 is 0 Å². The first-order chi connectivity index (χ1) is 5.47. The normalized spacial score (nSPS) is 38.5. The Morgan fingerprint density at radius 3 is 2.58 bits per heavy atom. The summed E-state index contributed by atoms with van der Waals surface area (Å²) < 4.78 is 0. The van der Waals surface area contributed by atoms with Crippen molar-refractivity contribution in [2.24, 2.45) is 16.5 Å².